The number of aromatic carboxylic acids is 1. The molecule has 0 amide bonds. The summed E-state index contributed by atoms with van der Waals surface area (Å²) in [7, 11) is 1.58. The molecule has 3 aromatic rings. The molecule has 0 aliphatic carbocycles. The molecule has 7 nitrogen and oxygen atoms in total. The number of ether oxygens (including phenoxy) is 2. The van der Waals surface area contributed by atoms with Crippen molar-refractivity contribution in [2.24, 2.45) is 0 Å². The van der Waals surface area contributed by atoms with E-state index in [4.69, 9.17) is 9.47 Å². The number of hydrogen-bond acceptors (Lipinski definition) is 6. The van der Waals surface area contributed by atoms with Gasteiger partial charge in [0.2, 0.25) is 5.78 Å². The first-order chi connectivity index (χ1) is 15.1. The van der Waals surface area contributed by atoms with Crippen molar-refractivity contribution in [2.45, 2.75) is 20.4 Å². The first-order valence-corrected chi connectivity index (χ1v) is 11.2. The molecule has 2 aromatic heterocycles. The minimum absolute atomic E-state index is 0.0783. The zero-order chi connectivity index (χ0) is 22.4. The molecule has 1 aliphatic heterocycles. The average Bonchev–Trinajstić information content (AvgIpc) is 3.38. The summed E-state index contributed by atoms with van der Waals surface area (Å²) in [6, 6.07) is 10.4. The van der Waals surface area contributed by atoms with Crippen molar-refractivity contribution < 1.29 is 24.2 Å². The van der Waals surface area contributed by atoms with Crippen LogP contribution in [0.4, 0.5) is 0 Å². The number of thiophene rings is 1. The lowest BCUT2D eigenvalue weighted by Crippen LogP contribution is -2.38. The maximum Gasteiger partial charge on any atom is 0.352 e. The molecule has 0 saturated carbocycles. The third kappa shape index (κ3) is 5.15. The molecule has 166 valence electrons. The molecule has 1 aliphatic rings. The summed E-state index contributed by atoms with van der Waals surface area (Å²) in [6.07, 6.45) is 0. The Morgan fingerprint density at radius 2 is 1.77 bits per heavy atom. The Morgan fingerprint density at radius 1 is 1.10 bits per heavy atom. The predicted molar refractivity (Wildman–Crippen MR) is 122 cm³/mol. The number of methoxy groups -OCH3 is 1. The maximum absolute atomic E-state index is 12.9. The molecule has 1 N–H and O–H groups in total. The minimum Gasteiger partial charge on any atom is -0.497 e. The lowest BCUT2D eigenvalue weighted by atomic mass is 10.1. The van der Waals surface area contributed by atoms with Crippen LogP contribution in [0, 0.1) is 0 Å². The first kappa shape index (κ1) is 23.0. The number of fused-ring (bicyclic) bond motifs is 1. The summed E-state index contributed by atoms with van der Waals surface area (Å²) in [5.74, 6) is -0.345. The van der Waals surface area contributed by atoms with Crippen molar-refractivity contribution in [1.82, 2.24) is 9.47 Å². The normalized spacial score (nSPS) is 14.2. The Labute approximate surface area is 185 Å². The van der Waals surface area contributed by atoms with Crippen LogP contribution in [0.2, 0.25) is 0 Å². The van der Waals surface area contributed by atoms with Crippen molar-refractivity contribution in [3.63, 3.8) is 0 Å². The summed E-state index contributed by atoms with van der Waals surface area (Å²) >= 11 is 1.34. The minimum atomic E-state index is -0.960. The van der Waals surface area contributed by atoms with Crippen molar-refractivity contribution in [2.75, 3.05) is 40.0 Å². The van der Waals surface area contributed by atoms with Gasteiger partial charge in [0.1, 0.15) is 16.3 Å². The number of ketones is 1. The van der Waals surface area contributed by atoms with Crippen molar-refractivity contribution in [1.29, 1.82) is 0 Å². The van der Waals surface area contributed by atoms with Gasteiger partial charge in [-0.1, -0.05) is 13.8 Å². The number of carbonyl (C=O) groups is 2. The third-order valence-corrected chi connectivity index (χ3v) is 6.28. The third-order valence-electron chi connectivity index (χ3n) is 5.11. The zero-order valence-electron chi connectivity index (χ0n) is 18.1. The summed E-state index contributed by atoms with van der Waals surface area (Å²) < 4.78 is 12.3. The van der Waals surface area contributed by atoms with E-state index in [-0.39, 0.29) is 11.5 Å². The van der Waals surface area contributed by atoms with Crippen LogP contribution in [0.1, 0.15) is 39.6 Å². The topological polar surface area (TPSA) is 81.0 Å². The Hall–Kier alpha value is -2.68. The van der Waals surface area contributed by atoms with Gasteiger partial charge in [-0.05, 0) is 36.4 Å². The quantitative estimate of drug-likeness (QED) is 0.555. The Morgan fingerprint density at radius 3 is 2.39 bits per heavy atom. The number of nitrogens with zero attached hydrogens (tertiary/aromatic N) is 2. The summed E-state index contributed by atoms with van der Waals surface area (Å²) in [5.41, 5.74) is 0.830. The van der Waals surface area contributed by atoms with Gasteiger partial charge >= 0.3 is 5.97 Å². The second kappa shape index (κ2) is 10.6. The fourth-order valence-electron chi connectivity index (χ4n) is 3.51. The van der Waals surface area contributed by atoms with E-state index in [2.05, 4.69) is 4.90 Å². The predicted octanol–water partition coefficient (Wildman–Crippen LogP) is 4.00. The molecule has 3 heterocycles. The highest BCUT2D eigenvalue weighted by Crippen LogP contribution is 2.31. The lowest BCUT2D eigenvalue weighted by Gasteiger charge is -2.26. The molecule has 1 fully saturated rings. The van der Waals surface area contributed by atoms with Gasteiger partial charge < -0.3 is 19.1 Å². The molecule has 0 bridgehead atoms. The van der Waals surface area contributed by atoms with Gasteiger partial charge in [-0.2, -0.15) is 0 Å². The Bertz CT molecular complexity index is 1030. The number of carboxylic acids is 1. The number of hydrogen-bond donors (Lipinski definition) is 1. The summed E-state index contributed by atoms with van der Waals surface area (Å²) in [5, 5.41) is 10.4. The number of benzene rings is 1. The molecule has 31 heavy (non-hydrogen) atoms. The van der Waals surface area contributed by atoms with E-state index < -0.39 is 5.97 Å². The molecule has 0 radical (unpaired) electrons. The lowest BCUT2D eigenvalue weighted by molar-refractivity contribution is 0.0363. The molecule has 1 saturated heterocycles. The monoisotopic (exact) mass is 444 g/mol. The zero-order valence-corrected chi connectivity index (χ0v) is 18.9. The maximum atomic E-state index is 12.9. The number of aromatic nitrogens is 1. The molecular weight excluding hydrogens is 416 g/mol. The van der Waals surface area contributed by atoms with Gasteiger partial charge in [0.15, 0.2) is 0 Å². The van der Waals surface area contributed by atoms with Gasteiger partial charge in [-0.3, -0.25) is 9.69 Å². The standard InChI is InChI=1S/C21H22N2O5S.C2H6/c1-27-16-4-2-14(3-5-16)19(24)18-13-15-12-17(21(25)26)23(20(15)29-18)7-6-22-8-10-28-11-9-22;1-2/h2-5,12-13H,6-11H2,1H3,(H,25,26);1-2H3. The second-order valence-electron chi connectivity index (χ2n) is 6.87. The summed E-state index contributed by atoms with van der Waals surface area (Å²) in [4.78, 5) is 28.3. The fourth-order valence-corrected chi connectivity index (χ4v) is 4.65. The number of rotatable bonds is 7. The number of carbonyl (C=O) groups excluding carboxylic acids is 1. The first-order valence-electron chi connectivity index (χ1n) is 10.4. The average molecular weight is 445 g/mol. The van der Waals surface area contributed by atoms with Crippen LogP contribution in [-0.2, 0) is 11.3 Å². The van der Waals surface area contributed by atoms with Gasteiger partial charge in [0, 0.05) is 37.1 Å². The summed E-state index contributed by atoms with van der Waals surface area (Å²) in [6.45, 7) is 8.39. The highest BCUT2D eigenvalue weighted by atomic mass is 32.1. The molecule has 4 rings (SSSR count). The fraction of sp³-hybridized carbons (Fsp3) is 0.391. The van der Waals surface area contributed by atoms with Crippen LogP contribution in [0.5, 0.6) is 5.75 Å². The van der Waals surface area contributed by atoms with Gasteiger partial charge in [-0.25, -0.2) is 4.79 Å². The van der Waals surface area contributed by atoms with Gasteiger partial charge in [0.25, 0.3) is 0 Å². The van der Waals surface area contributed by atoms with E-state index in [1.165, 1.54) is 11.3 Å². The van der Waals surface area contributed by atoms with Crippen molar-refractivity contribution in [3.8, 4) is 5.75 Å². The highest BCUT2D eigenvalue weighted by Gasteiger charge is 2.21. The number of carboxylic acid groups (broad SMARTS) is 1. The molecular formula is C23H28N2O5S. The molecule has 8 heteroatoms. The van der Waals surface area contributed by atoms with Crippen LogP contribution in [-0.4, -0.2) is 66.3 Å². The van der Waals surface area contributed by atoms with E-state index in [1.54, 1.807) is 43.5 Å². The van der Waals surface area contributed by atoms with Gasteiger partial charge in [0.05, 0.1) is 25.2 Å². The molecule has 1 aromatic carbocycles. The van der Waals surface area contributed by atoms with E-state index in [0.717, 1.165) is 29.9 Å². The van der Waals surface area contributed by atoms with Crippen LogP contribution >= 0.6 is 11.3 Å². The van der Waals surface area contributed by atoms with E-state index in [1.807, 2.05) is 18.4 Å². The second-order valence-corrected chi connectivity index (χ2v) is 7.90. The highest BCUT2D eigenvalue weighted by molar-refractivity contribution is 7.20. The SMILES string of the molecule is CC.COc1ccc(C(=O)c2cc3cc(C(=O)O)n(CCN4CCOCC4)c3s2)cc1. The van der Waals surface area contributed by atoms with Crippen LogP contribution < -0.4 is 4.74 Å². The molecule has 0 spiro atoms. The van der Waals surface area contributed by atoms with Crippen LogP contribution in [0.25, 0.3) is 10.2 Å². The van der Waals surface area contributed by atoms with Crippen LogP contribution in [0.15, 0.2) is 36.4 Å². The van der Waals surface area contributed by atoms with E-state index in [0.29, 0.717) is 35.9 Å². The van der Waals surface area contributed by atoms with Crippen molar-refractivity contribution in [3.05, 3.63) is 52.5 Å². The Balaban J connectivity index is 0.00000132. The molecule has 0 unspecified atom stereocenters. The Kier molecular flexibility index (Phi) is 7.84. The largest absolute Gasteiger partial charge is 0.497 e. The van der Waals surface area contributed by atoms with E-state index in [9.17, 15) is 14.7 Å². The number of morpholine rings is 1. The molecule has 0 atom stereocenters. The van der Waals surface area contributed by atoms with Crippen molar-refractivity contribution >= 4 is 33.3 Å². The van der Waals surface area contributed by atoms with Crippen LogP contribution in [0.3, 0.4) is 0 Å². The van der Waals surface area contributed by atoms with E-state index >= 15 is 0 Å². The van der Waals surface area contributed by atoms with Gasteiger partial charge in [-0.15, -0.1) is 11.3 Å². The smallest absolute Gasteiger partial charge is 0.352 e.